The summed E-state index contributed by atoms with van der Waals surface area (Å²) >= 11 is 7.73. The molecule has 0 saturated carbocycles. The minimum absolute atomic E-state index is 0.114. The van der Waals surface area contributed by atoms with Crippen molar-refractivity contribution in [2.45, 2.75) is 29.9 Å². The highest BCUT2D eigenvalue weighted by atomic mass is 35.5. The first-order valence-corrected chi connectivity index (χ1v) is 9.22. The summed E-state index contributed by atoms with van der Waals surface area (Å²) in [5.74, 6) is 0.801. The molecule has 1 heterocycles. The second-order valence-corrected chi connectivity index (χ2v) is 9.59. The summed E-state index contributed by atoms with van der Waals surface area (Å²) in [4.78, 5) is 0.210. The molecule has 1 saturated heterocycles. The van der Waals surface area contributed by atoms with Gasteiger partial charge >= 0.3 is 0 Å². The highest BCUT2D eigenvalue weighted by Gasteiger charge is 2.30. The Kier molecular flexibility index (Phi) is 4.59. The number of benzene rings is 1. The van der Waals surface area contributed by atoms with Crippen molar-refractivity contribution in [2.75, 3.05) is 24.6 Å². The molecule has 1 aliphatic heterocycles. The normalized spacial score (nSPS) is 20.6. The van der Waals surface area contributed by atoms with Crippen LogP contribution in [0, 0.1) is 0 Å². The summed E-state index contributed by atoms with van der Waals surface area (Å²) in [6, 6.07) is 4.47. The van der Waals surface area contributed by atoms with Crippen molar-refractivity contribution >= 4 is 39.1 Å². The Morgan fingerprint density at radius 3 is 2.70 bits per heavy atom. The molecule has 0 unspecified atom stereocenters. The van der Waals surface area contributed by atoms with E-state index in [1.807, 2.05) is 11.8 Å². The highest BCUT2D eigenvalue weighted by Crippen LogP contribution is 2.33. The summed E-state index contributed by atoms with van der Waals surface area (Å²) < 4.78 is 26.9. The first-order valence-electron chi connectivity index (χ1n) is 6.41. The van der Waals surface area contributed by atoms with Crippen LogP contribution in [-0.4, -0.2) is 36.3 Å². The summed E-state index contributed by atoms with van der Waals surface area (Å²) in [5.41, 5.74) is 6.01. The molecule has 112 valence electrons. The van der Waals surface area contributed by atoms with E-state index in [4.69, 9.17) is 17.3 Å². The van der Waals surface area contributed by atoms with Gasteiger partial charge in [0.25, 0.3) is 0 Å². The SMILES string of the molecule is CC1(C)CCN(S(=O)(=O)c2ccc(N)c(Cl)c2)CCS1. The molecule has 20 heavy (non-hydrogen) atoms. The maximum atomic E-state index is 12.6. The highest BCUT2D eigenvalue weighted by molar-refractivity contribution is 8.00. The zero-order chi connectivity index (χ0) is 15.0. The zero-order valence-corrected chi connectivity index (χ0v) is 14.0. The number of thioether (sulfide) groups is 1. The molecule has 1 fully saturated rings. The molecule has 0 amide bonds. The van der Waals surface area contributed by atoms with Crippen molar-refractivity contribution in [1.82, 2.24) is 4.31 Å². The second kappa shape index (κ2) is 5.75. The maximum Gasteiger partial charge on any atom is 0.243 e. The second-order valence-electron chi connectivity index (χ2n) is 5.45. The number of sulfonamides is 1. The van der Waals surface area contributed by atoms with Crippen molar-refractivity contribution < 1.29 is 8.42 Å². The van der Waals surface area contributed by atoms with Crippen molar-refractivity contribution in [3.05, 3.63) is 23.2 Å². The van der Waals surface area contributed by atoms with Crippen LogP contribution in [0.4, 0.5) is 5.69 Å². The van der Waals surface area contributed by atoms with Gasteiger partial charge in [-0.1, -0.05) is 25.4 Å². The van der Waals surface area contributed by atoms with Crippen LogP contribution in [0.25, 0.3) is 0 Å². The minimum atomic E-state index is -3.49. The number of hydrogen-bond donors (Lipinski definition) is 1. The molecule has 7 heteroatoms. The van der Waals surface area contributed by atoms with E-state index in [0.29, 0.717) is 18.8 Å². The Hall–Kier alpha value is -0.430. The van der Waals surface area contributed by atoms with Gasteiger partial charge in [0.1, 0.15) is 0 Å². The lowest BCUT2D eigenvalue weighted by molar-refractivity contribution is 0.415. The number of anilines is 1. The molecule has 2 rings (SSSR count). The fourth-order valence-electron chi connectivity index (χ4n) is 2.06. The summed E-state index contributed by atoms with van der Waals surface area (Å²) in [5, 5.41) is 0.274. The van der Waals surface area contributed by atoms with E-state index >= 15 is 0 Å². The van der Waals surface area contributed by atoms with Crippen molar-refractivity contribution in [3.8, 4) is 0 Å². The molecule has 0 spiro atoms. The summed E-state index contributed by atoms with van der Waals surface area (Å²) in [7, 11) is -3.49. The smallest absolute Gasteiger partial charge is 0.243 e. The molecule has 0 bridgehead atoms. The van der Waals surface area contributed by atoms with Crippen LogP contribution in [0.5, 0.6) is 0 Å². The van der Waals surface area contributed by atoms with Gasteiger partial charge in [-0.3, -0.25) is 0 Å². The Morgan fingerprint density at radius 2 is 2.05 bits per heavy atom. The number of hydrogen-bond acceptors (Lipinski definition) is 4. The average Bonchev–Trinajstić information content (AvgIpc) is 2.54. The molecule has 2 N–H and O–H groups in total. The van der Waals surface area contributed by atoms with Crippen LogP contribution in [0.15, 0.2) is 23.1 Å². The van der Waals surface area contributed by atoms with Gasteiger partial charge in [0.2, 0.25) is 10.0 Å². The molecule has 4 nitrogen and oxygen atoms in total. The van der Waals surface area contributed by atoms with Gasteiger partial charge in [-0.15, -0.1) is 0 Å². The first-order chi connectivity index (χ1) is 9.22. The lowest BCUT2D eigenvalue weighted by Crippen LogP contribution is -2.33. The number of nitrogens with zero attached hydrogens (tertiary/aromatic N) is 1. The lowest BCUT2D eigenvalue weighted by Gasteiger charge is -2.22. The van der Waals surface area contributed by atoms with E-state index in [9.17, 15) is 8.42 Å². The number of rotatable bonds is 2. The fourth-order valence-corrected chi connectivity index (χ4v) is 4.99. The molecule has 0 radical (unpaired) electrons. The summed E-state index contributed by atoms with van der Waals surface area (Å²) in [6.45, 7) is 5.35. The van der Waals surface area contributed by atoms with Crippen molar-refractivity contribution in [2.24, 2.45) is 0 Å². The average molecular weight is 335 g/mol. The van der Waals surface area contributed by atoms with Gasteiger partial charge in [0, 0.05) is 23.6 Å². The number of nitrogen functional groups attached to an aromatic ring is 1. The van der Waals surface area contributed by atoms with Crippen molar-refractivity contribution in [3.63, 3.8) is 0 Å². The zero-order valence-electron chi connectivity index (χ0n) is 11.6. The van der Waals surface area contributed by atoms with E-state index in [1.165, 1.54) is 22.5 Å². The fraction of sp³-hybridized carbons (Fsp3) is 0.538. The monoisotopic (exact) mass is 334 g/mol. The summed E-state index contributed by atoms with van der Waals surface area (Å²) in [6.07, 6.45) is 0.833. The van der Waals surface area contributed by atoms with Crippen LogP contribution in [0.1, 0.15) is 20.3 Å². The van der Waals surface area contributed by atoms with Gasteiger partial charge in [-0.25, -0.2) is 8.42 Å². The molecule has 0 aromatic heterocycles. The van der Waals surface area contributed by atoms with Crippen molar-refractivity contribution in [1.29, 1.82) is 0 Å². The quantitative estimate of drug-likeness (QED) is 0.845. The van der Waals surface area contributed by atoms with Gasteiger partial charge in [-0.2, -0.15) is 16.1 Å². The molecule has 1 aromatic rings. The topological polar surface area (TPSA) is 63.4 Å². The molecule has 1 aliphatic rings. The third-order valence-electron chi connectivity index (χ3n) is 3.41. The largest absolute Gasteiger partial charge is 0.398 e. The number of nitrogens with two attached hydrogens (primary N) is 1. The third kappa shape index (κ3) is 3.42. The van der Waals surface area contributed by atoms with E-state index in [2.05, 4.69) is 13.8 Å². The van der Waals surface area contributed by atoms with E-state index < -0.39 is 10.0 Å². The lowest BCUT2D eigenvalue weighted by atomic mass is 10.1. The van der Waals surface area contributed by atoms with Crippen LogP contribution >= 0.6 is 23.4 Å². The molecule has 0 aliphatic carbocycles. The van der Waals surface area contributed by atoms with E-state index in [0.717, 1.165) is 12.2 Å². The number of halogens is 1. The molecule has 1 aromatic carbocycles. The van der Waals surface area contributed by atoms with Crippen LogP contribution in [0.3, 0.4) is 0 Å². The Labute approximate surface area is 129 Å². The Morgan fingerprint density at radius 1 is 1.35 bits per heavy atom. The molecule has 0 atom stereocenters. The van der Waals surface area contributed by atoms with E-state index in [-0.39, 0.29) is 14.7 Å². The maximum absolute atomic E-state index is 12.6. The van der Waals surface area contributed by atoms with Crippen LogP contribution in [-0.2, 0) is 10.0 Å². The van der Waals surface area contributed by atoms with Gasteiger partial charge < -0.3 is 5.73 Å². The third-order valence-corrected chi connectivity index (χ3v) is 7.00. The standard InChI is InChI=1S/C13H19ClN2O2S2/c1-13(2)5-6-16(7-8-19-13)20(17,18)10-3-4-12(15)11(14)9-10/h3-4,9H,5-8,15H2,1-2H3. The van der Waals surface area contributed by atoms with Gasteiger partial charge in [0.15, 0.2) is 0 Å². The van der Waals surface area contributed by atoms with E-state index in [1.54, 1.807) is 0 Å². The van der Waals surface area contributed by atoms with Gasteiger partial charge in [0.05, 0.1) is 15.6 Å². The minimum Gasteiger partial charge on any atom is -0.398 e. The Balaban J connectivity index is 2.28. The molecular weight excluding hydrogens is 316 g/mol. The van der Waals surface area contributed by atoms with Crippen LogP contribution in [0.2, 0.25) is 5.02 Å². The Bertz CT molecular complexity index is 602. The first kappa shape index (κ1) is 15.9. The van der Waals surface area contributed by atoms with Crippen LogP contribution < -0.4 is 5.73 Å². The predicted molar refractivity (Wildman–Crippen MR) is 85.8 cm³/mol. The molecular formula is C13H19ClN2O2S2. The van der Waals surface area contributed by atoms with Gasteiger partial charge in [-0.05, 0) is 24.6 Å². The predicted octanol–water partition coefficient (Wildman–Crippen LogP) is 2.83.